The van der Waals surface area contributed by atoms with Crippen LogP contribution < -0.4 is 0 Å². The van der Waals surface area contributed by atoms with E-state index in [-0.39, 0.29) is 46.6 Å². The fourth-order valence-corrected chi connectivity index (χ4v) is 9.98. The number of nitrogens with one attached hydrogen (secondary N) is 1. The SMILES string of the molecule is CCCC1O[C@H]2CC3C4CCC5=CC(=O)C=CC5(C)C4[C@@H](O)CC3(C)[C@]2(C(=O)CSc2nc3ccncc3[nH]2)O1. The lowest BCUT2D eigenvalue weighted by Crippen LogP contribution is -2.63. The molecule has 2 aromatic heterocycles. The molecule has 0 aromatic carbocycles. The van der Waals surface area contributed by atoms with E-state index in [9.17, 15) is 14.7 Å². The number of allylic oxidation sites excluding steroid dienone is 4. The Morgan fingerprint density at radius 3 is 2.98 bits per heavy atom. The van der Waals surface area contributed by atoms with Crippen LogP contribution >= 0.6 is 11.8 Å². The van der Waals surface area contributed by atoms with E-state index in [0.717, 1.165) is 48.7 Å². The van der Waals surface area contributed by atoms with Gasteiger partial charge in [-0.05, 0) is 62.2 Å². The highest BCUT2D eigenvalue weighted by molar-refractivity contribution is 7.99. The molecule has 2 N–H and O–H groups in total. The van der Waals surface area contributed by atoms with Gasteiger partial charge in [-0.2, -0.15) is 0 Å². The van der Waals surface area contributed by atoms with Crippen molar-refractivity contribution in [2.45, 2.75) is 88.6 Å². The van der Waals surface area contributed by atoms with Crippen LogP contribution in [0.5, 0.6) is 0 Å². The summed E-state index contributed by atoms with van der Waals surface area (Å²) >= 11 is 1.38. The smallest absolute Gasteiger partial charge is 0.178 e. The monoisotopic (exact) mass is 563 g/mol. The van der Waals surface area contributed by atoms with E-state index in [0.29, 0.717) is 11.6 Å². The molecule has 0 radical (unpaired) electrons. The van der Waals surface area contributed by atoms with Crippen molar-refractivity contribution >= 4 is 34.4 Å². The standard InChI is InChI=1S/C31H37N3O5S/c1-4-5-26-38-25-13-20-19-7-6-17-12-18(35)8-10-29(17,2)27(19)23(36)14-30(20,3)31(25,39-26)24(37)16-40-28-33-21-9-11-32-15-22(21)34-28/h8-12,15,19-20,23,25-27,36H,4-7,13-14,16H2,1-3H3,(H,33,34)/t19?,20?,23-,25-,26?,27?,29?,30?,31+/m0/s1. The number of aliphatic hydroxyl groups is 1. The highest BCUT2D eigenvalue weighted by atomic mass is 32.2. The van der Waals surface area contributed by atoms with Crippen LogP contribution in [0.3, 0.4) is 0 Å². The van der Waals surface area contributed by atoms with E-state index in [1.165, 1.54) is 11.8 Å². The molecule has 4 aliphatic carbocycles. The first-order chi connectivity index (χ1) is 19.2. The van der Waals surface area contributed by atoms with Crippen molar-refractivity contribution in [2.75, 3.05) is 5.75 Å². The molecule has 3 heterocycles. The van der Waals surface area contributed by atoms with Gasteiger partial charge in [-0.3, -0.25) is 14.6 Å². The average Bonchev–Trinajstić information content (AvgIpc) is 3.57. The van der Waals surface area contributed by atoms with Crippen LogP contribution in [0.15, 0.2) is 47.4 Å². The van der Waals surface area contributed by atoms with E-state index in [1.807, 2.05) is 12.1 Å². The lowest BCUT2D eigenvalue weighted by molar-refractivity contribution is -0.197. The molecule has 9 atom stereocenters. The van der Waals surface area contributed by atoms with Crippen molar-refractivity contribution in [2.24, 2.45) is 28.6 Å². The van der Waals surface area contributed by atoms with Gasteiger partial charge < -0.3 is 19.6 Å². The largest absolute Gasteiger partial charge is 0.393 e. The second-order valence-corrected chi connectivity index (χ2v) is 13.8. The van der Waals surface area contributed by atoms with E-state index in [4.69, 9.17) is 9.47 Å². The molecule has 40 heavy (non-hydrogen) atoms. The summed E-state index contributed by atoms with van der Waals surface area (Å²) < 4.78 is 13.3. The molecule has 8 nitrogen and oxygen atoms in total. The Morgan fingerprint density at radius 2 is 2.17 bits per heavy atom. The number of aromatic nitrogens is 3. The van der Waals surface area contributed by atoms with Crippen LogP contribution in [-0.2, 0) is 19.1 Å². The summed E-state index contributed by atoms with van der Waals surface area (Å²) in [4.78, 5) is 38.6. The number of carbonyl (C=O) groups is 2. The van der Waals surface area contributed by atoms with Gasteiger partial charge in [0, 0.05) is 22.9 Å². The fourth-order valence-electron chi connectivity index (χ4n) is 9.15. The molecule has 0 amide bonds. The van der Waals surface area contributed by atoms with Gasteiger partial charge in [-0.1, -0.05) is 50.6 Å². The number of thioether (sulfide) groups is 1. The van der Waals surface area contributed by atoms with Gasteiger partial charge in [0.1, 0.15) is 0 Å². The van der Waals surface area contributed by atoms with Gasteiger partial charge in [-0.15, -0.1) is 0 Å². The van der Waals surface area contributed by atoms with Crippen LogP contribution in [0, 0.1) is 28.6 Å². The molecule has 2 aromatic rings. The first-order valence-corrected chi connectivity index (χ1v) is 15.6. The summed E-state index contributed by atoms with van der Waals surface area (Å²) in [5.41, 5.74) is 0.743. The van der Waals surface area contributed by atoms with Crippen molar-refractivity contribution < 1.29 is 24.2 Å². The fraction of sp³-hybridized carbons (Fsp3) is 0.613. The molecular formula is C31H37N3O5S. The summed E-state index contributed by atoms with van der Waals surface area (Å²) in [7, 11) is 0. The molecule has 0 bridgehead atoms. The Morgan fingerprint density at radius 1 is 1.32 bits per heavy atom. The number of hydrogen-bond acceptors (Lipinski definition) is 8. The second-order valence-electron chi connectivity index (χ2n) is 12.8. The van der Waals surface area contributed by atoms with Crippen LogP contribution in [0.25, 0.3) is 11.0 Å². The molecule has 1 aliphatic heterocycles. The minimum atomic E-state index is -1.11. The topological polar surface area (TPSA) is 114 Å². The highest BCUT2D eigenvalue weighted by Crippen LogP contribution is 2.69. The average molecular weight is 564 g/mol. The molecule has 9 heteroatoms. The number of ketones is 2. The van der Waals surface area contributed by atoms with Crippen LogP contribution in [0.2, 0.25) is 0 Å². The maximum Gasteiger partial charge on any atom is 0.178 e. The molecule has 1 saturated heterocycles. The van der Waals surface area contributed by atoms with Gasteiger partial charge in [0.25, 0.3) is 0 Å². The number of carbonyl (C=O) groups excluding carboxylic acids is 2. The van der Waals surface area contributed by atoms with Gasteiger partial charge >= 0.3 is 0 Å². The Kier molecular flexibility index (Phi) is 6.20. The zero-order chi connectivity index (χ0) is 27.9. The van der Waals surface area contributed by atoms with E-state index in [2.05, 4.69) is 35.7 Å². The van der Waals surface area contributed by atoms with Gasteiger partial charge in [0.15, 0.2) is 28.6 Å². The minimum absolute atomic E-state index is 0.00845. The van der Waals surface area contributed by atoms with Crippen molar-refractivity contribution in [3.8, 4) is 0 Å². The second kappa shape index (κ2) is 9.34. The Balaban J connectivity index is 1.22. The summed E-state index contributed by atoms with van der Waals surface area (Å²) in [6, 6.07) is 1.85. The number of H-pyrrole nitrogens is 1. The first kappa shape index (κ1) is 26.6. The van der Waals surface area contributed by atoms with E-state index in [1.54, 1.807) is 24.5 Å². The van der Waals surface area contributed by atoms with Crippen molar-refractivity contribution in [1.29, 1.82) is 0 Å². The number of nitrogens with zero attached hydrogens (tertiary/aromatic N) is 2. The predicted octanol–water partition coefficient (Wildman–Crippen LogP) is 4.79. The van der Waals surface area contributed by atoms with Gasteiger partial charge in [0.05, 0.1) is 35.2 Å². The lowest BCUT2D eigenvalue weighted by atomic mass is 9.46. The number of rotatable bonds is 6. The van der Waals surface area contributed by atoms with Crippen LogP contribution in [0.4, 0.5) is 0 Å². The summed E-state index contributed by atoms with van der Waals surface area (Å²) in [5.74, 6) is 0.615. The van der Waals surface area contributed by atoms with Crippen LogP contribution in [0.1, 0.15) is 59.3 Å². The number of aliphatic hydroxyl groups excluding tert-OH is 1. The molecular weight excluding hydrogens is 526 g/mol. The number of imidazole rings is 1. The van der Waals surface area contributed by atoms with Gasteiger partial charge in [0.2, 0.25) is 0 Å². The summed E-state index contributed by atoms with van der Waals surface area (Å²) in [6.45, 7) is 6.43. The minimum Gasteiger partial charge on any atom is -0.393 e. The quantitative estimate of drug-likeness (QED) is 0.483. The molecule has 4 fully saturated rings. The third-order valence-electron chi connectivity index (χ3n) is 10.8. The highest BCUT2D eigenvalue weighted by Gasteiger charge is 2.75. The molecule has 7 rings (SSSR count). The molecule has 3 saturated carbocycles. The number of hydrogen-bond donors (Lipinski definition) is 2. The maximum absolute atomic E-state index is 14.4. The van der Waals surface area contributed by atoms with E-state index >= 15 is 0 Å². The Bertz CT molecular complexity index is 1400. The number of aromatic amines is 1. The lowest BCUT2D eigenvalue weighted by Gasteiger charge is -2.59. The third-order valence-corrected chi connectivity index (χ3v) is 11.7. The van der Waals surface area contributed by atoms with Crippen molar-refractivity contribution in [3.63, 3.8) is 0 Å². The molecule has 5 aliphatic rings. The first-order valence-electron chi connectivity index (χ1n) is 14.6. The van der Waals surface area contributed by atoms with Crippen molar-refractivity contribution in [3.05, 3.63) is 42.3 Å². The summed E-state index contributed by atoms with van der Waals surface area (Å²) in [6.07, 6.45) is 12.1. The molecule has 0 spiro atoms. The predicted molar refractivity (Wildman–Crippen MR) is 150 cm³/mol. The molecule has 6 unspecified atom stereocenters. The zero-order valence-electron chi connectivity index (χ0n) is 23.3. The van der Waals surface area contributed by atoms with Gasteiger partial charge in [-0.25, -0.2) is 4.98 Å². The molecule has 212 valence electrons. The third kappa shape index (κ3) is 3.63. The van der Waals surface area contributed by atoms with Crippen molar-refractivity contribution in [1.82, 2.24) is 15.0 Å². The zero-order valence-corrected chi connectivity index (χ0v) is 24.1. The number of Topliss-reactive ketones (excluding diaryl/α,β-unsaturated/α-hetero) is 1. The number of pyridine rings is 1. The number of fused-ring (bicyclic) bond motifs is 8. The van der Waals surface area contributed by atoms with Crippen LogP contribution in [-0.4, -0.2) is 61.5 Å². The summed E-state index contributed by atoms with van der Waals surface area (Å²) in [5, 5.41) is 12.6. The normalized spacial score (nSPS) is 41.8. The van der Waals surface area contributed by atoms with E-state index < -0.39 is 23.4 Å². The number of ether oxygens (including phenoxy) is 2. The Hall–Kier alpha value is -2.33. The maximum atomic E-state index is 14.4. The Labute approximate surface area is 238 Å².